The Labute approximate surface area is 105 Å². The maximum absolute atomic E-state index is 11.8. The van der Waals surface area contributed by atoms with Gasteiger partial charge in [-0.05, 0) is 24.5 Å². The van der Waals surface area contributed by atoms with Crippen LogP contribution in [-0.4, -0.2) is 36.6 Å². The smallest absolute Gasteiger partial charge is 0.316 e. The molecule has 1 aromatic carbocycles. The van der Waals surface area contributed by atoms with Crippen LogP contribution in [0, 0.1) is 0 Å². The van der Waals surface area contributed by atoms with Crippen molar-refractivity contribution in [2.75, 3.05) is 24.6 Å². The van der Waals surface area contributed by atoms with E-state index in [1.165, 1.54) is 4.90 Å². The van der Waals surface area contributed by atoms with Gasteiger partial charge in [-0.15, -0.1) is 0 Å². The van der Waals surface area contributed by atoms with Crippen molar-refractivity contribution < 1.29 is 14.7 Å². The molecule has 2 N–H and O–H groups in total. The van der Waals surface area contributed by atoms with Gasteiger partial charge < -0.3 is 15.3 Å². The van der Waals surface area contributed by atoms with Gasteiger partial charge in [0.1, 0.15) is 0 Å². The fourth-order valence-electron chi connectivity index (χ4n) is 2.07. The minimum Gasteiger partial charge on any atom is -0.396 e. The number of nitrogens with zero attached hydrogens (tertiary/aromatic N) is 1. The highest BCUT2D eigenvalue weighted by Gasteiger charge is 2.28. The fourth-order valence-corrected chi connectivity index (χ4v) is 2.07. The number of aliphatic hydroxyl groups excluding tert-OH is 1. The highest BCUT2D eigenvalue weighted by Crippen LogP contribution is 2.22. The predicted octanol–water partition coefficient (Wildman–Crippen LogP) is 0.0743. The molecule has 0 unspecified atom stereocenters. The molecular formula is C13H16N2O3. The molecule has 18 heavy (non-hydrogen) atoms. The number of hydrogen-bond acceptors (Lipinski definition) is 3. The number of hydrogen-bond donors (Lipinski definition) is 2. The number of rotatable bonds is 4. The zero-order valence-corrected chi connectivity index (χ0v) is 10.1. The van der Waals surface area contributed by atoms with Crippen LogP contribution in [0.1, 0.15) is 12.0 Å². The van der Waals surface area contributed by atoms with Crippen molar-refractivity contribution in [1.29, 1.82) is 0 Å². The molecule has 1 heterocycles. The molecule has 1 saturated heterocycles. The summed E-state index contributed by atoms with van der Waals surface area (Å²) in [6, 6.07) is 7.50. The summed E-state index contributed by atoms with van der Waals surface area (Å²) in [6.45, 7) is 1.07. The highest BCUT2D eigenvalue weighted by molar-refractivity contribution is 6.41. The molecule has 1 aliphatic rings. The van der Waals surface area contributed by atoms with Crippen LogP contribution >= 0.6 is 0 Å². The second kappa shape index (κ2) is 5.64. The van der Waals surface area contributed by atoms with E-state index in [-0.39, 0.29) is 6.61 Å². The van der Waals surface area contributed by atoms with Crippen LogP contribution in [-0.2, 0) is 16.0 Å². The molecule has 5 nitrogen and oxygen atoms in total. The molecule has 1 fully saturated rings. The SMILES string of the molecule is O=C1NCCN(c2ccccc2CCCO)C1=O. The van der Waals surface area contributed by atoms with Crippen molar-refractivity contribution in [3.05, 3.63) is 29.8 Å². The maximum atomic E-state index is 11.8. The van der Waals surface area contributed by atoms with Crippen LogP contribution < -0.4 is 10.2 Å². The zero-order chi connectivity index (χ0) is 13.0. The first-order valence-electron chi connectivity index (χ1n) is 6.02. The number of aryl methyl sites for hydroxylation is 1. The molecule has 5 heteroatoms. The Morgan fingerprint density at radius 2 is 2.06 bits per heavy atom. The molecule has 0 aromatic heterocycles. The largest absolute Gasteiger partial charge is 0.396 e. The number of aliphatic hydroxyl groups is 1. The lowest BCUT2D eigenvalue weighted by atomic mass is 10.1. The van der Waals surface area contributed by atoms with Gasteiger partial charge in [0.15, 0.2) is 0 Å². The van der Waals surface area contributed by atoms with Crippen molar-refractivity contribution >= 4 is 17.5 Å². The molecule has 96 valence electrons. The third kappa shape index (κ3) is 2.51. The van der Waals surface area contributed by atoms with Crippen LogP contribution in [0.4, 0.5) is 5.69 Å². The first kappa shape index (κ1) is 12.6. The summed E-state index contributed by atoms with van der Waals surface area (Å²) in [6.07, 6.45) is 1.34. The van der Waals surface area contributed by atoms with E-state index in [0.29, 0.717) is 25.9 Å². The number of para-hydroxylation sites is 1. The Morgan fingerprint density at radius 3 is 2.83 bits per heavy atom. The minimum atomic E-state index is -0.557. The van der Waals surface area contributed by atoms with Crippen molar-refractivity contribution in [3.8, 4) is 0 Å². The Hall–Kier alpha value is -1.88. The minimum absolute atomic E-state index is 0.114. The van der Waals surface area contributed by atoms with Gasteiger partial charge in [-0.25, -0.2) is 0 Å². The number of piperazine rings is 1. The Bertz CT molecular complexity index is 459. The van der Waals surface area contributed by atoms with E-state index in [4.69, 9.17) is 5.11 Å². The summed E-state index contributed by atoms with van der Waals surface area (Å²) < 4.78 is 0. The molecule has 0 bridgehead atoms. The summed E-state index contributed by atoms with van der Waals surface area (Å²) in [7, 11) is 0. The number of anilines is 1. The van der Waals surface area contributed by atoms with E-state index in [9.17, 15) is 9.59 Å². The van der Waals surface area contributed by atoms with Gasteiger partial charge in [0.2, 0.25) is 0 Å². The Morgan fingerprint density at radius 1 is 1.28 bits per heavy atom. The molecule has 1 aromatic rings. The predicted molar refractivity (Wildman–Crippen MR) is 67.2 cm³/mol. The second-order valence-corrected chi connectivity index (χ2v) is 4.17. The van der Waals surface area contributed by atoms with E-state index < -0.39 is 11.8 Å². The normalized spacial score (nSPS) is 15.7. The van der Waals surface area contributed by atoms with Gasteiger partial charge >= 0.3 is 11.8 Å². The van der Waals surface area contributed by atoms with Crippen LogP contribution in [0.2, 0.25) is 0 Å². The topological polar surface area (TPSA) is 69.6 Å². The molecule has 2 rings (SSSR count). The lowest BCUT2D eigenvalue weighted by Crippen LogP contribution is -2.52. The first-order chi connectivity index (χ1) is 8.74. The quantitative estimate of drug-likeness (QED) is 0.741. The number of benzene rings is 1. The van der Waals surface area contributed by atoms with Crippen LogP contribution in [0.15, 0.2) is 24.3 Å². The summed E-state index contributed by atoms with van der Waals surface area (Å²) in [5, 5.41) is 11.4. The summed E-state index contributed by atoms with van der Waals surface area (Å²) in [5.74, 6) is -1.07. The van der Waals surface area contributed by atoms with Crippen LogP contribution in [0.3, 0.4) is 0 Å². The fraction of sp³-hybridized carbons (Fsp3) is 0.385. The van der Waals surface area contributed by atoms with Crippen molar-refractivity contribution in [2.45, 2.75) is 12.8 Å². The van der Waals surface area contributed by atoms with Gasteiger partial charge in [-0.3, -0.25) is 9.59 Å². The van der Waals surface area contributed by atoms with Crippen molar-refractivity contribution in [1.82, 2.24) is 5.32 Å². The van der Waals surface area contributed by atoms with Crippen molar-refractivity contribution in [3.63, 3.8) is 0 Å². The average Bonchev–Trinajstić information content (AvgIpc) is 2.40. The molecule has 2 amide bonds. The molecule has 0 radical (unpaired) electrons. The highest BCUT2D eigenvalue weighted by atomic mass is 16.3. The van der Waals surface area contributed by atoms with E-state index in [0.717, 1.165) is 11.3 Å². The average molecular weight is 248 g/mol. The van der Waals surface area contributed by atoms with Crippen LogP contribution in [0.5, 0.6) is 0 Å². The van der Waals surface area contributed by atoms with Gasteiger partial charge in [0, 0.05) is 25.4 Å². The third-order valence-electron chi connectivity index (χ3n) is 2.95. The molecule has 1 aliphatic heterocycles. The van der Waals surface area contributed by atoms with Crippen LogP contribution in [0.25, 0.3) is 0 Å². The van der Waals surface area contributed by atoms with E-state index in [1.54, 1.807) is 0 Å². The first-order valence-corrected chi connectivity index (χ1v) is 6.02. The molecule has 0 aliphatic carbocycles. The van der Waals surface area contributed by atoms with E-state index >= 15 is 0 Å². The molecule has 0 saturated carbocycles. The Kier molecular flexibility index (Phi) is 3.94. The number of amides is 2. The van der Waals surface area contributed by atoms with Gasteiger partial charge in [0.25, 0.3) is 0 Å². The lowest BCUT2D eigenvalue weighted by Gasteiger charge is -2.28. The van der Waals surface area contributed by atoms with E-state index in [1.807, 2.05) is 24.3 Å². The summed E-state index contributed by atoms with van der Waals surface area (Å²) in [5.41, 5.74) is 1.75. The summed E-state index contributed by atoms with van der Waals surface area (Å²) >= 11 is 0. The second-order valence-electron chi connectivity index (χ2n) is 4.17. The summed E-state index contributed by atoms with van der Waals surface area (Å²) in [4.78, 5) is 24.7. The number of carbonyl (C=O) groups is 2. The Balaban J connectivity index is 2.26. The molecule has 0 spiro atoms. The molecule has 0 atom stereocenters. The lowest BCUT2D eigenvalue weighted by molar-refractivity contribution is -0.138. The third-order valence-corrected chi connectivity index (χ3v) is 2.95. The molecular weight excluding hydrogens is 232 g/mol. The number of carbonyl (C=O) groups excluding carboxylic acids is 2. The van der Waals surface area contributed by atoms with Crippen molar-refractivity contribution in [2.24, 2.45) is 0 Å². The maximum Gasteiger partial charge on any atom is 0.316 e. The van der Waals surface area contributed by atoms with Gasteiger partial charge in [0.05, 0.1) is 0 Å². The number of nitrogens with one attached hydrogen (secondary N) is 1. The standard InChI is InChI=1S/C13H16N2O3/c16-9-3-5-10-4-1-2-6-11(10)15-8-7-14-12(17)13(15)18/h1-2,4,6,16H,3,5,7-9H2,(H,14,17). The monoisotopic (exact) mass is 248 g/mol. The van der Waals surface area contributed by atoms with Gasteiger partial charge in [-0.2, -0.15) is 0 Å². The van der Waals surface area contributed by atoms with E-state index in [2.05, 4.69) is 5.32 Å². The van der Waals surface area contributed by atoms with Gasteiger partial charge in [-0.1, -0.05) is 18.2 Å². The zero-order valence-electron chi connectivity index (χ0n) is 10.1.